The zero-order valence-corrected chi connectivity index (χ0v) is 11.9. The van der Waals surface area contributed by atoms with Gasteiger partial charge in [0.15, 0.2) is 0 Å². The minimum Gasteiger partial charge on any atom is -0.497 e. The van der Waals surface area contributed by atoms with E-state index < -0.39 is 5.97 Å². The normalized spacial score (nSPS) is 14.0. The van der Waals surface area contributed by atoms with Crippen molar-refractivity contribution in [2.75, 3.05) is 14.2 Å². The van der Waals surface area contributed by atoms with Crippen LogP contribution in [0.15, 0.2) is 24.4 Å². The van der Waals surface area contributed by atoms with E-state index in [-0.39, 0.29) is 11.5 Å². The number of carboxylic acids is 1. The van der Waals surface area contributed by atoms with Gasteiger partial charge in [-0.3, -0.25) is 0 Å². The fourth-order valence-corrected chi connectivity index (χ4v) is 2.42. The third-order valence-electron chi connectivity index (χ3n) is 3.62. The van der Waals surface area contributed by atoms with Crippen LogP contribution in [-0.2, 0) is 0 Å². The standard InChI is InChI=1S/C15H16N2O4/c1-20-10-5-6-12(13(7-10)21-2)17-14(9-3-4-9)11(8-16-17)15(18)19/h5-9H,3-4H2,1-2H3,(H,18,19). The van der Waals surface area contributed by atoms with Crippen LogP contribution >= 0.6 is 0 Å². The molecule has 1 aliphatic carbocycles. The summed E-state index contributed by atoms with van der Waals surface area (Å²) in [4.78, 5) is 11.3. The van der Waals surface area contributed by atoms with E-state index in [1.807, 2.05) is 6.07 Å². The lowest BCUT2D eigenvalue weighted by atomic mass is 10.1. The van der Waals surface area contributed by atoms with E-state index >= 15 is 0 Å². The summed E-state index contributed by atoms with van der Waals surface area (Å²) in [6, 6.07) is 5.38. The van der Waals surface area contributed by atoms with Crippen molar-refractivity contribution in [3.05, 3.63) is 35.7 Å². The highest BCUT2D eigenvalue weighted by atomic mass is 16.5. The monoisotopic (exact) mass is 288 g/mol. The van der Waals surface area contributed by atoms with Crippen LogP contribution in [0.1, 0.15) is 34.8 Å². The van der Waals surface area contributed by atoms with Crippen molar-refractivity contribution in [3.8, 4) is 17.2 Å². The van der Waals surface area contributed by atoms with E-state index in [0.717, 1.165) is 18.5 Å². The first-order valence-corrected chi connectivity index (χ1v) is 6.69. The largest absolute Gasteiger partial charge is 0.497 e. The maximum atomic E-state index is 11.3. The molecule has 6 nitrogen and oxygen atoms in total. The number of aromatic carboxylic acids is 1. The summed E-state index contributed by atoms with van der Waals surface area (Å²) >= 11 is 0. The van der Waals surface area contributed by atoms with Crippen LogP contribution in [0.3, 0.4) is 0 Å². The minimum absolute atomic E-state index is 0.255. The molecule has 6 heteroatoms. The Labute approximate surface area is 121 Å². The van der Waals surface area contributed by atoms with Gasteiger partial charge in [-0.15, -0.1) is 0 Å². The lowest BCUT2D eigenvalue weighted by molar-refractivity contribution is 0.0695. The molecular weight excluding hydrogens is 272 g/mol. The molecule has 0 spiro atoms. The van der Waals surface area contributed by atoms with Gasteiger partial charge in [-0.1, -0.05) is 0 Å². The molecule has 0 aliphatic heterocycles. The summed E-state index contributed by atoms with van der Waals surface area (Å²) in [5.74, 6) is 0.575. The van der Waals surface area contributed by atoms with E-state index in [0.29, 0.717) is 17.2 Å². The number of rotatable bonds is 5. The van der Waals surface area contributed by atoms with Gasteiger partial charge in [0.1, 0.15) is 22.7 Å². The Morgan fingerprint density at radius 3 is 2.67 bits per heavy atom. The number of aromatic nitrogens is 2. The van der Waals surface area contributed by atoms with Crippen LogP contribution in [0.2, 0.25) is 0 Å². The van der Waals surface area contributed by atoms with Gasteiger partial charge in [0.05, 0.1) is 26.1 Å². The van der Waals surface area contributed by atoms with E-state index in [9.17, 15) is 9.90 Å². The molecule has 1 aromatic heterocycles. The van der Waals surface area contributed by atoms with Crippen LogP contribution in [0.25, 0.3) is 5.69 Å². The molecule has 1 aliphatic rings. The lowest BCUT2D eigenvalue weighted by Crippen LogP contribution is -2.07. The van der Waals surface area contributed by atoms with Gasteiger partial charge in [0.25, 0.3) is 0 Å². The molecule has 1 aromatic carbocycles. The van der Waals surface area contributed by atoms with Crippen molar-refractivity contribution in [2.24, 2.45) is 0 Å². The quantitative estimate of drug-likeness (QED) is 0.915. The summed E-state index contributed by atoms with van der Waals surface area (Å²) in [7, 11) is 3.15. The van der Waals surface area contributed by atoms with Crippen molar-refractivity contribution in [1.29, 1.82) is 0 Å². The molecule has 1 heterocycles. The second-order valence-corrected chi connectivity index (χ2v) is 4.97. The van der Waals surface area contributed by atoms with Gasteiger partial charge in [0.2, 0.25) is 0 Å². The topological polar surface area (TPSA) is 73.6 Å². The highest BCUT2D eigenvalue weighted by molar-refractivity contribution is 5.89. The van der Waals surface area contributed by atoms with Crippen molar-refractivity contribution in [2.45, 2.75) is 18.8 Å². The molecular formula is C15H16N2O4. The number of nitrogens with zero attached hydrogens (tertiary/aromatic N) is 2. The molecule has 110 valence electrons. The Balaban J connectivity index is 2.14. The van der Waals surface area contributed by atoms with Crippen molar-refractivity contribution >= 4 is 5.97 Å². The molecule has 21 heavy (non-hydrogen) atoms. The average Bonchev–Trinajstić information content (AvgIpc) is 3.24. The fourth-order valence-electron chi connectivity index (χ4n) is 2.42. The minimum atomic E-state index is -0.948. The first-order chi connectivity index (χ1) is 10.2. The molecule has 0 saturated heterocycles. The summed E-state index contributed by atoms with van der Waals surface area (Å²) in [5, 5.41) is 13.6. The van der Waals surface area contributed by atoms with Gasteiger partial charge in [-0.25, -0.2) is 9.48 Å². The van der Waals surface area contributed by atoms with E-state index in [4.69, 9.17) is 9.47 Å². The van der Waals surface area contributed by atoms with Gasteiger partial charge in [-0.05, 0) is 25.0 Å². The molecule has 0 radical (unpaired) electrons. The van der Waals surface area contributed by atoms with Crippen molar-refractivity contribution < 1.29 is 19.4 Å². The Kier molecular flexibility index (Phi) is 3.29. The second-order valence-electron chi connectivity index (χ2n) is 4.97. The third-order valence-corrected chi connectivity index (χ3v) is 3.62. The van der Waals surface area contributed by atoms with Crippen LogP contribution in [0, 0.1) is 0 Å². The maximum absolute atomic E-state index is 11.3. The van der Waals surface area contributed by atoms with Crippen molar-refractivity contribution in [1.82, 2.24) is 9.78 Å². The molecule has 1 fully saturated rings. The molecule has 1 saturated carbocycles. The summed E-state index contributed by atoms with van der Waals surface area (Å²) in [6.07, 6.45) is 3.38. The Bertz CT molecular complexity index is 689. The van der Waals surface area contributed by atoms with E-state index in [1.165, 1.54) is 6.20 Å². The van der Waals surface area contributed by atoms with E-state index in [1.54, 1.807) is 31.0 Å². The van der Waals surface area contributed by atoms with Gasteiger partial charge in [-0.2, -0.15) is 5.10 Å². The number of hydrogen-bond donors (Lipinski definition) is 1. The zero-order valence-electron chi connectivity index (χ0n) is 11.9. The molecule has 0 amide bonds. The maximum Gasteiger partial charge on any atom is 0.339 e. The first kappa shape index (κ1) is 13.5. The van der Waals surface area contributed by atoms with Crippen molar-refractivity contribution in [3.63, 3.8) is 0 Å². The molecule has 0 bridgehead atoms. The molecule has 1 N–H and O–H groups in total. The molecule has 0 unspecified atom stereocenters. The number of methoxy groups -OCH3 is 2. The second kappa shape index (κ2) is 5.12. The molecule has 0 atom stereocenters. The summed E-state index contributed by atoms with van der Waals surface area (Å²) in [6.45, 7) is 0. The number of hydrogen-bond acceptors (Lipinski definition) is 4. The molecule has 2 aromatic rings. The predicted octanol–water partition coefficient (Wildman–Crippen LogP) is 2.47. The summed E-state index contributed by atoms with van der Waals surface area (Å²) in [5.41, 5.74) is 1.72. The zero-order chi connectivity index (χ0) is 15.0. The first-order valence-electron chi connectivity index (χ1n) is 6.69. The lowest BCUT2D eigenvalue weighted by Gasteiger charge is -2.13. The smallest absolute Gasteiger partial charge is 0.339 e. The average molecular weight is 288 g/mol. The highest BCUT2D eigenvalue weighted by Gasteiger charge is 2.33. The number of ether oxygens (including phenoxy) is 2. The molecule has 3 rings (SSSR count). The Morgan fingerprint density at radius 2 is 2.10 bits per heavy atom. The Hall–Kier alpha value is -2.50. The predicted molar refractivity (Wildman–Crippen MR) is 75.6 cm³/mol. The van der Waals surface area contributed by atoms with Gasteiger partial charge < -0.3 is 14.6 Å². The fraction of sp³-hybridized carbons (Fsp3) is 0.333. The summed E-state index contributed by atoms with van der Waals surface area (Å²) < 4.78 is 12.2. The highest BCUT2D eigenvalue weighted by Crippen LogP contribution is 2.43. The van der Waals surface area contributed by atoms with E-state index in [2.05, 4.69) is 5.10 Å². The number of carboxylic acid groups (broad SMARTS) is 1. The van der Waals surface area contributed by atoms with Crippen LogP contribution < -0.4 is 9.47 Å². The SMILES string of the molecule is COc1ccc(-n2ncc(C(=O)O)c2C2CC2)c(OC)c1. The van der Waals surface area contributed by atoms with Crippen LogP contribution in [0.4, 0.5) is 0 Å². The van der Waals surface area contributed by atoms with Gasteiger partial charge in [0, 0.05) is 12.0 Å². The van der Waals surface area contributed by atoms with Gasteiger partial charge >= 0.3 is 5.97 Å². The van der Waals surface area contributed by atoms with Crippen LogP contribution in [-0.4, -0.2) is 35.1 Å². The number of benzene rings is 1. The van der Waals surface area contributed by atoms with Crippen LogP contribution in [0.5, 0.6) is 11.5 Å². The number of carbonyl (C=O) groups is 1. The Morgan fingerprint density at radius 1 is 1.33 bits per heavy atom. The third kappa shape index (κ3) is 2.33.